The summed E-state index contributed by atoms with van der Waals surface area (Å²) in [4.78, 5) is 13.8. The molecule has 0 aromatic heterocycles. The average molecular weight is 376 g/mol. The van der Waals surface area contributed by atoms with Gasteiger partial charge in [0.1, 0.15) is 6.54 Å². The van der Waals surface area contributed by atoms with E-state index in [-0.39, 0.29) is 11.7 Å². The van der Waals surface area contributed by atoms with Crippen molar-refractivity contribution in [1.82, 2.24) is 4.90 Å². The molecule has 1 aliphatic carbocycles. The highest BCUT2D eigenvalue weighted by atomic mass is 32.2. The highest BCUT2D eigenvalue weighted by molar-refractivity contribution is 7.92. The van der Waals surface area contributed by atoms with E-state index in [1.165, 1.54) is 11.9 Å². The first kappa shape index (κ1) is 19.6. The van der Waals surface area contributed by atoms with Crippen LogP contribution in [0.1, 0.15) is 25.7 Å². The van der Waals surface area contributed by atoms with Gasteiger partial charge in [0.2, 0.25) is 15.9 Å². The Kier molecular flexibility index (Phi) is 5.99. The summed E-state index contributed by atoms with van der Waals surface area (Å²) < 4.78 is 51.3. The molecule has 1 N–H and O–H groups in total. The molecule has 2 unspecified atom stereocenters. The molecule has 2 atom stereocenters. The van der Waals surface area contributed by atoms with E-state index in [1.54, 1.807) is 0 Å². The van der Waals surface area contributed by atoms with E-state index in [2.05, 4.69) is 0 Å². The number of carbonyl (C=O) groups excluding carboxylic acids is 1. The summed E-state index contributed by atoms with van der Waals surface area (Å²) in [6.45, 7) is -0.552. The zero-order valence-electron chi connectivity index (χ0n) is 14.2. The Bertz CT molecular complexity index is 742. The number of amides is 1. The molecule has 0 heterocycles. The molecule has 6 nitrogen and oxygen atoms in total. The van der Waals surface area contributed by atoms with Crippen molar-refractivity contribution in [3.63, 3.8) is 0 Å². The number of aliphatic hydroxyl groups is 1. The van der Waals surface area contributed by atoms with Gasteiger partial charge in [-0.15, -0.1) is 0 Å². The van der Waals surface area contributed by atoms with Crippen LogP contribution in [0.2, 0.25) is 0 Å². The van der Waals surface area contributed by atoms with E-state index in [9.17, 15) is 27.1 Å². The average Bonchev–Trinajstić information content (AvgIpc) is 2.54. The molecule has 0 aliphatic heterocycles. The number of sulfonamides is 1. The second-order valence-electron chi connectivity index (χ2n) is 6.29. The van der Waals surface area contributed by atoms with Crippen molar-refractivity contribution in [3.05, 3.63) is 29.8 Å². The van der Waals surface area contributed by atoms with E-state index in [4.69, 9.17) is 0 Å². The lowest BCUT2D eigenvalue weighted by Gasteiger charge is -2.36. The van der Waals surface area contributed by atoms with E-state index in [0.717, 1.165) is 41.6 Å². The molecule has 1 amide bonds. The van der Waals surface area contributed by atoms with Gasteiger partial charge in [0, 0.05) is 13.1 Å². The molecule has 2 rings (SSSR count). The third kappa shape index (κ3) is 4.66. The predicted molar refractivity (Wildman–Crippen MR) is 89.6 cm³/mol. The van der Waals surface area contributed by atoms with E-state index >= 15 is 0 Å². The van der Waals surface area contributed by atoms with Crippen LogP contribution in [-0.2, 0) is 14.8 Å². The summed E-state index contributed by atoms with van der Waals surface area (Å²) in [5.74, 6) is -2.83. The normalized spacial score (nSPS) is 21.0. The molecule has 1 aliphatic rings. The maximum absolute atomic E-state index is 13.4. The van der Waals surface area contributed by atoms with Gasteiger partial charge in [-0.1, -0.05) is 12.8 Å². The molecule has 0 saturated heterocycles. The van der Waals surface area contributed by atoms with Crippen LogP contribution in [0, 0.1) is 11.6 Å². The molecule has 1 saturated carbocycles. The third-order valence-corrected chi connectivity index (χ3v) is 5.60. The minimum atomic E-state index is -3.89. The van der Waals surface area contributed by atoms with Crippen molar-refractivity contribution >= 4 is 21.6 Å². The van der Waals surface area contributed by atoms with Gasteiger partial charge < -0.3 is 10.0 Å². The molecule has 1 aromatic carbocycles. The third-order valence-electron chi connectivity index (χ3n) is 4.46. The van der Waals surface area contributed by atoms with Gasteiger partial charge in [0.05, 0.1) is 24.1 Å². The predicted octanol–water partition coefficient (Wildman–Crippen LogP) is 1.49. The Balaban J connectivity index is 2.22. The van der Waals surface area contributed by atoms with Crippen LogP contribution >= 0.6 is 0 Å². The molecule has 140 valence electrons. The molecule has 1 fully saturated rings. The fourth-order valence-corrected chi connectivity index (χ4v) is 3.84. The molecular weight excluding hydrogens is 354 g/mol. The lowest BCUT2D eigenvalue weighted by Crippen LogP contribution is -2.50. The first-order chi connectivity index (χ1) is 11.6. The van der Waals surface area contributed by atoms with Crippen molar-refractivity contribution in [2.45, 2.75) is 37.8 Å². The zero-order valence-corrected chi connectivity index (χ0v) is 15.0. The number of halogens is 2. The summed E-state index contributed by atoms with van der Waals surface area (Å²) >= 11 is 0. The first-order valence-corrected chi connectivity index (χ1v) is 9.82. The number of nitrogens with zero attached hydrogens (tertiary/aromatic N) is 2. The molecule has 9 heteroatoms. The Labute approximate surface area is 146 Å². The van der Waals surface area contributed by atoms with Crippen molar-refractivity contribution in [2.75, 3.05) is 24.2 Å². The van der Waals surface area contributed by atoms with Crippen LogP contribution in [0.5, 0.6) is 0 Å². The van der Waals surface area contributed by atoms with Gasteiger partial charge in [-0.25, -0.2) is 17.2 Å². The Morgan fingerprint density at radius 3 is 2.44 bits per heavy atom. The van der Waals surface area contributed by atoms with Gasteiger partial charge >= 0.3 is 0 Å². The first-order valence-electron chi connectivity index (χ1n) is 7.97. The number of carbonyl (C=O) groups is 1. The highest BCUT2D eigenvalue weighted by Gasteiger charge is 2.31. The Morgan fingerprint density at radius 2 is 1.88 bits per heavy atom. The van der Waals surface area contributed by atoms with Crippen LogP contribution in [0.15, 0.2) is 18.2 Å². The summed E-state index contributed by atoms with van der Waals surface area (Å²) in [5.41, 5.74) is -0.132. The molecule has 25 heavy (non-hydrogen) atoms. The van der Waals surface area contributed by atoms with Gasteiger partial charge in [-0.3, -0.25) is 9.10 Å². The minimum absolute atomic E-state index is 0.132. The summed E-state index contributed by atoms with van der Waals surface area (Å²) in [5, 5.41) is 10.0. The monoisotopic (exact) mass is 376 g/mol. The Morgan fingerprint density at radius 1 is 1.24 bits per heavy atom. The van der Waals surface area contributed by atoms with Gasteiger partial charge in [0.15, 0.2) is 11.6 Å². The molecule has 1 aromatic rings. The van der Waals surface area contributed by atoms with Crippen LogP contribution in [-0.4, -0.2) is 56.3 Å². The molecular formula is C16H22F2N2O4S. The van der Waals surface area contributed by atoms with Crippen molar-refractivity contribution in [1.29, 1.82) is 0 Å². The fraction of sp³-hybridized carbons (Fsp3) is 0.562. The van der Waals surface area contributed by atoms with Crippen LogP contribution < -0.4 is 4.31 Å². The van der Waals surface area contributed by atoms with Gasteiger partial charge in [-0.2, -0.15) is 0 Å². The number of anilines is 1. The molecule has 0 bridgehead atoms. The van der Waals surface area contributed by atoms with Gasteiger partial charge in [0.25, 0.3) is 0 Å². The smallest absolute Gasteiger partial charge is 0.243 e. The maximum Gasteiger partial charge on any atom is 0.243 e. The van der Waals surface area contributed by atoms with Crippen molar-refractivity contribution in [3.8, 4) is 0 Å². The van der Waals surface area contributed by atoms with E-state index in [1.807, 2.05) is 0 Å². The summed E-state index contributed by atoms with van der Waals surface area (Å²) in [6, 6.07) is 2.26. The lowest BCUT2D eigenvalue weighted by atomic mass is 9.91. The molecule has 0 radical (unpaired) electrons. The minimum Gasteiger partial charge on any atom is -0.391 e. The fourth-order valence-electron chi connectivity index (χ4n) is 3.00. The number of hydrogen-bond acceptors (Lipinski definition) is 4. The second-order valence-corrected chi connectivity index (χ2v) is 8.20. The topological polar surface area (TPSA) is 77.9 Å². The summed E-state index contributed by atoms with van der Waals surface area (Å²) in [6.07, 6.45) is 3.20. The lowest BCUT2D eigenvalue weighted by molar-refractivity contribution is -0.133. The zero-order chi connectivity index (χ0) is 18.8. The van der Waals surface area contributed by atoms with Crippen LogP contribution in [0.3, 0.4) is 0 Å². The summed E-state index contributed by atoms with van der Waals surface area (Å²) in [7, 11) is -2.38. The van der Waals surface area contributed by atoms with Crippen molar-refractivity contribution in [2.24, 2.45) is 0 Å². The quantitative estimate of drug-likeness (QED) is 0.845. The number of hydrogen-bond donors (Lipinski definition) is 1. The van der Waals surface area contributed by atoms with E-state index in [0.29, 0.717) is 12.8 Å². The van der Waals surface area contributed by atoms with Crippen LogP contribution in [0.4, 0.5) is 14.5 Å². The number of aliphatic hydroxyl groups excluding tert-OH is 1. The van der Waals surface area contributed by atoms with Gasteiger partial charge in [-0.05, 0) is 25.0 Å². The van der Waals surface area contributed by atoms with Crippen LogP contribution in [0.25, 0.3) is 0 Å². The SMILES string of the molecule is CN(C(=O)CN(c1ccc(F)c(F)c1)S(C)(=O)=O)C1CCCCC1O. The standard InChI is InChI=1S/C16H22F2N2O4S/c1-19(14-5-3-4-6-15(14)21)16(22)10-20(25(2,23)24)11-7-8-12(17)13(18)9-11/h7-9,14-15,21H,3-6,10H2,1-2H3. The number of rotatable bonds is 5. The maximum atomic E-state index is 13.4. The molecule has 0 spiro atoms. The van der Waals surface area contributed by atoms with Crippen molar-refractivity contribution < 1.29 is 27.1 Å². The number of likely N-dealkylation sites (N-methyl/N-ethyl adjacent to an activating group) is 1. The van der Waals surface area contributed by atoms with E-state index < -0.39 is 40.2 Å². The highest BCUT2D eigenvalue weighted by Crippen LogP contribution is 2.24. The largest absolute Gasteiger partial charge is 0.391 e. The number of benzene rings is 1. The second kappa shape index (κ2) is 7.65. The Hall–Kier alpha value is -1.74.